The molecule has 3 amide bonds. The summed E-state index contributed by atoms with van der Waals surface area (Å²) in [4.78, 5) is 44.9. The molecule has 0 aliphatic carbocycles. The van der Waals surface area contributed by atoms with Gasteiger partial charge in [-0.3, -0.25) is 19.3 Å². The Kier molecular flexibility index (Phi) is 7.70. The second-order valence-electron chi connectivity index (χ2n) is 11.4. The highest BCUT2D eigenvalue weighted by Gasteiger charge is 2.39. The van der Waals surface area contributed by atoms with Gasteiger partial charge in [-0.2, -0.15) is 5.10 Å². The molecule has 45 heavy (non-hydrogen) atoms. The molecule has 3 aliphatic rings. The number of aryl methyl sites for hydroxylation is 1. The van der Waals surface area contributed by atoms with Crippen molar-refractivity contribution < 1.29 is 23.9 Å². The average molecular weight is 624 g/mol. The first-order valence-corrected chi connectivity index (χ1v) is 16.0. The first-order chi connectivity index (χ1) is 21.9. The van der Waals surface area contributed by atoms with Crippen LogP contribution in [0.1, 0.15) is 28.9 Å². The van der Waals surface area contributed by atoms with E-state index in [4.69, 9.17) is 14.6 Å². The van der Waals surface area contributed by atoms with Gasteiger partial charge in [0.2, 0.25) is 24.5 Å². The number of carbonyl (C=O) groups is 3. The van der Waals surface area contributed by atoms with Crippen molar-refractivity contribution in [2.24, 2.45) is 0 Å². The van der Waals surface area contributed by atoms with Gasteiger partial charge in [0.15, 0.2) is 11.5 Å². The van der Waals surface area contributed by atoms with E-state index in [1.807, 2.05) is 84.4 Å². The molecule has 3 aromatic carbocycles. The maximum atomic E-state index is 14.1. The first-order valence-electron chi connectivity index (χ1n) is 15.0. The van der Waals surface area contributed by atoms with E-state index < -0.39 is 0 Å². The summed E-state index contributed by atoms with van der Waals surface area (Å²) in [6.45, 7) is 5.39. The Morgan fingerprint density at radius 2 is 1.62 bits per heavy atom. The van der Waals surface area contributed by atoms with E-state index >= 15 is 0 Å². The lowest BCUT2D eigenvalue weighted by Gasteiger charge is -2.35. The molecule has 0 saturated carbocycles. The number of hydrogen-bond acceptors (Lipinski definition) is 7. The van der Waals surface area contributed by atoms with Crippen molar-refractivity contribution in [2.75, 3.05) is 50.2 Å². The normalized spacial score (nSPS) is 17.7. The summed E-state index contributed by atoms with van der Waals surface area (Å²) in [6.07, 6.45) is 0. The van der Waals surface area contributed by atoms with E-state index in [2.05, 4.69) is 0 Å². The van der Waals surface area contributed by atoms with Crippen molar-refractivity contribution in [2.45, 2.75) is 19.1 Å². The molecule has 0 radical (unpaired) electrons. The maximum absolute atomic E-state index is 14.1. The van der Waals surface area contributed by atoms with Crippen LogP contribution in [0, 0.1) is 6.92 Å². The number of anilines is 1. The lowest BCUT2D eigenvalue weighted by Crippen LogP contribution is -2.53. The largest absolute Gasteiger partial charge is 0.454 e. The summed E-state index contributed by atoms with van der Waals surface area (Å²) >= 11 is 1.51. The predicted molar refractivity (Wildman–Crippen MR) is 172 cm³/mol. The van der Waals surface area contributed by atoms with Gasteiger partial charge in [0.05, 0.1) is 22.4 Å². The van der Waals surface area contributed by atoms with Crippen molar-refractivity contribution in [1.82, 2.24) is 19.6 Å². The molecule has 7 rings (SSSR count). The molecule has 3 aliphatic heterocycles. The van der Waals surface area contributed by atoms with Crippen LogP contribution in [0.4, 0.5) is 5.82 Å². The summed E-state index contributed by atoms with van der Waals surface area (Å²) < 4.78 is 13.1. The molecule has 11 heteroatoms. The minimum atomic E-state index is -0.285. The Hall–Kier alpha value is -4.77. The Labute approximate surface area is 265 Å². The van der Waals surface area contributed by atoms with Crippen molar-refractivity contribution in [3.8, 4) is 28.4 Å². The molecule has 4 aromatic rings. The van der Waals surface area contributed by atoms with Gasteiger partial charge in [-0.25, -0.2) is 4.68 Å². The van der Waals surface area contributed by atoms with Crippen LogP contribution < -0.4 is 14.4 Å². The molecule has 1 fully saturated rings. The van der Waals surface area contributed by atoms with Gasteiger partial charge in [0.1, 0.15) is 12.4 Å². The van der Waals surface area contributed by atoms with Crippen molar-refractivity contribution in [3.63, 3.8) is 0 Å². The van der Waals surface area contributed by atoms with Crippen LogP contribution in [0.3, 0.4) is 0 Å². The predicted octanol–water partition coefficient (Wildman–Crippen LogP) is 4.44. The number of nitrogens with zero attached hydrogens (tertiary/aromatic N) is 5. The molecule has 1 saturated heterocycles. The third kappa shape index (κ3) is 5.52. The third-order valence-electron chi connectivity index (χ3n) is 8.49. The zero-order valence-corrected chi connectivity index (χ0v) is 26.0. The van der Waals surface area contributed by atoms with Gasteiger partial charge in [-0.05, 0) is 36.8 Å². The minimum Gasteiger partial charge on any atom is -0.454 e. The number of hydrogen-bond donors (Lipinski definition) is 0. The molecular formula is C34H33N5O5S. The Bertz CT molecular complexity index is 1770. The number of ether oxygens (including phenoxy) is 2. The van der Waals surface area contributed by atoms with E-state index in [-0.39, 0.29) is 42.1 Å². The number of rotatable bonds is 5. The fourth-order valence-corrected chi connectivity index (χ4v) is 7.23. The number of benzene rings is 3. The average Bonchev–Trinajstić information content (AvgIpc) is 3.66. The number of carbonyl (C=O) groups excluding carboxylic acids is 3. The molecule has 4 heterocycles. The SMILES string of the molecule is CC(=O)N1CCN(C(=O)CN2C(=O)CSC(c3ccc4c(c3)OCO4)c3c(-c4ccccc4)nn(-c4ccc(C)cc4)c32)CC1. The van der Waals surface area contributed by atoms with Crippen LogP contribution in [-0.2, 0) is 14.4 Å². The number of fused-ring (bicyclic) bond motifs is 2. The number of aromatic nitrogens is 2. The van der Waals surface area contributed by atoms with Crippen LogP contribution in [0.5, 0.6) is 11.5 Å². The highest BCUT2D eigenvalue weighted by atomic mass is 32.2. The lowest BCUT2D eigenvalue weighted by atomic mass is 9.99. The molecule has 1 atom stereocenters. The molecule has 1 aromatic heterocycles. The zero-order valence-electron chi connectivity index (χ0n) is 25.1. The van der Waals surface area contributed by atoms with Crippen molar-refractivity contribution >= 4 is 35.3 Å². The standard InChI is InChI=1S/C34H33N5O5S/c1-22-8-11-26(12-9-22)39-34-31(32(35-39)24-6-4-3-5-7-24)33(25-10-13-27-28(18-25)44-21-43-27)45-20-30(42)38(34)19-29(41)37-16-14-36(15-17-37)23(2)40/h3-13,18,33H,14-17,19-21H2,1-2H3. The van der Waals surface area contributed by atoms with Crippen molar-refractivity contribution in [1.29, 1.82) is 0 Å². The summed E-state index contributed by atoms with van der Waals surface area (Å²) in [5, 5.41) is 4.89. The minimum absolute atomic E-state index is 0.00328. The second kappa shape index (κ2) is 12.0. The molecule has 0 bridgehead atoms. The summed E-state index contributed by atoms with van der Waals surface area (Å²) in [7, 11) is 0. The number of thioether (sulfide) groups is 1. The first kappa shape index (κ1) is 29.0. The van der Waals surface area contributed by atoms with Gasteiger partial charge in [0, 0.05) is 44.2 Å². The fraction of sp³-hybridized carbons (Fsp3) is 0.294. The van der Waals surface area contributed by atoms with Gasteiger partial charge >= 0.3 is 0 Å². The number of amides is 3. The van der Waals surface area contributed by atoms with E-state index in [0.29, 0.717) is 43.5 Å². The third-order valence-corrected chi connectivity index (χ3v) is 9.74. The highest BCUT2D eigenvalue weighted by molar-refractivity contribution is 8.00. The smallest absolute Gasteiger partial charge is 0.242 e. The molecule has 0 N–H and O–H groups in total. The van der Waals surface area contributed by atoms with Crippen LogP contribution in [-0.4, -0.2) is 82.6 Å². The van der Waals surface area contributed by atoms with Crippen LogP contribution in [0.2, 0.25) is 0 Å². The Morgan fingerprint density at radius 3 is 2.36 bits per heavy atom. The van der Waals surface area contributed by atoms with Crippen molar-refractivity contribution in [3.05, 3.63) is 89.5 Å². The van der Waals surface area contributed by atoms with Gasteiger partial charge in [-0.15, -0.1) is 11.8 Å². The quantitative estimate of drug-likeness (QED) is 0.325. The van der Waals surface area contributed by atoms with E-state index in [1.54, 1.807) is 21.6 Å². The van der Waals surface area contributed by atoms with Gasteiger partial charge in [0.25, 0.3) is 0 Å². The molecule has 1 unspecified atom stereocenters. The second-order valence-corrected chi connectivity index (χ2v) is 12.5. The van der Waals surface area contributed by atoms with E-state index in [1.165, 1.54) is 11.8 Å². The maximum Gasteiger partial charge on any atom is 0.242 e. The molecule has 230 valence electrons. The summed E-state index contributed by atoms with van der Waals surface area (Å²) in [6, 6.07) is 23.8. The Morgan fingerprint density at radius 1 is 0.911 bits per heavy atom. The van der Waals surface area contributed by atoms with Crippen LogP contribution >= 0.6 is 11.8 Å². The van der Waals surface area contributed by atoms with Crippen LogP contribution in [0.15, 0.2) is 72.8 Å². The molecule has 10 nitrogen and oxygen atoms in total. The highest BCUT2D eigenvalue weighted by Crippen LogP contribution is 2.50. The summed E-state index contributed by atoms with van der Waals surface area (Å²) in [5.41, 5.74) is 5.34. The van der Waals surface area contributed by atoms with E-state index in [0.717, 1.165) is 33.6 Å². The monoisotopic (exact) mass is 623 g/mol. The molecule has 0 spiro atoms. The topological polar surface area (TPSA) is 97.2 Å². The number of piperazine rings is 1. The van der Waals surface area contributed by atoms with Crippen LogP contribution in [0.25, 0.3) is 16.9 Å². The fourth-order valence-electron chi connectivity index (χ4n) is 6.04. The van der Waals surface area contributed by atoms with Gasteiger partial charge in [-0.1, -0.05) is 54.1 Å². The van der Waals surface area contributed by atoms with E-state index in [9.17, 15) is 14.4 Å². The Balaban J connectivity index is 1.38. The molecular weight excluding hydrogens is 590 g/mol. The lowest BCUT2D eigenvalue weighted by molar-refractivity contribution is -0.137. The summed E-state index contributed by atoms with van der Waals surface area (Å²) in [5.74, 6) is 1.75. The van der Waals surface area contributed by atoms with Gasteiger partial charge < -0.3 is 19.3 Å². The zero-order chi connectivity index (χ0) is 31.1.